The van der Waals surface area contributed by atoms with E-state index in [1.807, 2.05) is 0 Å². The molecular formula is C10H4F5N3O. The summed E-state index contributed by atoms with van der Waals surface area (Å²) in [6.45, 7) is 0. The van der Waals surface area contributed by atoms with Gasteiger partial charge in [0.15, 0.2) is 11.4 Å². The van der Waals surface area contributed by atoms with Crippen LogP contribution in [0.25, 0.3) is 0 Å². The minimum absolute atomic E-state index is 0.233. The van der Waals surface area contributed by atoms with Crippen molar-refractivity contribution in [2.75, 3.05) is 0 Å². The van der Waals surface area contributed by atoms with Crippen LogP contribution in [0.5, 0.6) is 5.75 Å². The molecule has 0 aromatic carbocycles. The Balaban J connectivity index is 3.42. The van der Waals surface area contributed by atoms with Crippen molar-refractivity contribution in [1.29, 1.82) is 10.5 Å². The number of hydrogen-bond acceptors (Lipinski definition) is 4. The lowest BCUT2D eigenvalue weighted by Gasteiger charge is -2.14. The molecule has 0 aliphatic heterocycles. The van der Waals surface area contributed by atoms with Gasteiger partial charge in [0.1, 0.15) is 6.07 Å². The minimum Gasteiger partial charge on any atom is -0.402 e. The Bertz CT molecular complexity index is 556. The summed E-state index contributed by atoms with van der Waals surface area (Å²) in [5.41, 5.74) is -2.31. The molecular weight excluding hydrogens is 273 g/mol. The van der Waals surface area contributed by atoms with E-state index in [1.165, 1.54) is 6.07 Å². The van der Waals surface area contributed by atoms with Gasteiger partial charge in [-0.05, 0) is 6.07 Å². The van der Waals surface area contributed by atoms with Gasteiger partial charge in [-0.25, -0.2) is 13.8 Å². The lowest BCUT2D eigenvalue weighted by molar-refractivity contribution is -0.275. The Hall–Kier alpha value is -2.42. The van der Waals surface area contributed by atoms with Gasteiger partial charge < -0.3 is 4.74 Å². The fourth-order valence-corrected chi connectivity index (χ4v) is 1.24. The Labute approximate surface area is 103 Å². The van der Waals surface area contributed by atoms with Crippen molar-refractivity contribution in [2.24, 2.45) is 0 Å². The Morgan fingerprint density at radius 1 is 1.32 bits per heavy atom. The van der Waals surface area contributed by atoms with Gasteiger partial charge in [0.05, 0.1) is 23.7 Å². The van der Waals surface area contributed by atoms with E-state index in [9.17, 15) is 22.0 Å². The molecule has 0 aliphatic rings. The summed E-state index contributed by atoms with van der Waals surface area (Å²) in [5.74, 6) is -1.34. The van der Waals surface area contributed by atoms with Gasteiger partial charge in [0.25, 0.3) is 6.43 Å². The third-order valence-electron chi connectivity index (χ3n) is 1.87. The molecule has 0 N–H and O–H groups in total. The number of alkyl halides is 5. The number of hydrogen-bond donors (Lipinski definition) is 0. The molecule has 0 unspecified atom stereocenters. The minimum atomic E-state index is -5.23. The molecule has 1 aromatic heterocycles. The molecule has 100 valence electrons. The molecule has 0 saturated carbocycles. The van der Waals surface area contributed by atoms with Crippen molar-refractivity contribution in [3.8, 4) is 17.9 Å². The zero-order chi connectivity index (χ0) is 14.6. The fourth-order valence-electron chi connectivity index (χ4n) is 1.24. The Morgan fingerprint density at radius 2 is 1.95 bits per heavy atom. The molecule has 0 radical (unpaired) electrons. The lowest BCUT2D eigenvalue weighted by Crippen LogP contribution is -2.20. The largest absolute Gasteiger partial charge is 0.573 e. The second kappa shape index (κ2) is 5.48. The van der Waals surface area contributed by atoms with Crippen LogP contribution in [0.2, 0.25) is 0 Å². The van der Waals surface area contributed by atoms with Crippen molar-refractivity contribution >= 4 is 0 Å². The Kier molecular flexibility index (Phi) is 4.22. The topological polar surface area (TPSA) is 69.7 Å². The van der Waals surface area contributed by atoms with Crippen LogP contribution in [0.4, 0.5) is 22.0 Å². The van der Waals surface area contributed by atoms with Crippen LogP contribution in [0.1, 0.15) is 23.4 Å². The van der Waals surface area contributed by atoms with Crippen molar-refractivity contribution in [2.45, 2.75) is 19.2 Å². The van der Waals surface area contributed by atoms with Crippen molar-refractivity contribution < 1.29 is 26.7 Å². The molecule has 1 rings (SSSR count). The highest BCUT2D eigenvalue weighted by molar-refractivity contribution is 5.46. The molecule has 1 aromatic rings. The first-order chi connectivity index (χ1) is 8.78. The van der Waals surface area contributed by atoms with Gasteiger partial charge in [0, 0.05) is 0 Å². The fraction of sp³-hybridized carbons (Fsp3) is 0.300. The predicted molar refractivity (Wildman–Crippen MR) is 49.9 cm³/mol. The zero-order valence-corrected chi connectivity index (χ0v) is 9.00. The molecule has 0 spiro atoms. The van der Waals surface area contributed by atoms with E-state index < -0.39 is 36.2 Å². The first-order valence-electron chi connectivity index (χ1n) is 4.63. The standard InChI is InChI=1S/C10H4F5N3O/c11-9(12)6-3-5(1-2-16)18-7(4-17)8(6)19-10(13,14)15/h3,9H,1H2. The van der Waals surface area contributed by atoms with E-state index in [1.54, 1.807) is 6.07 Å². The molecule has 9 heteroatoms. The number of rotatable bonds is 3. The van der Waals surface area contributed by atoms with Gasteiger partial charge in [-0.3, -0.25) is 0 Å². The van der Waals surface area contributed by atoms with Crippen LogP contribution in [-0.2, 0) is 6.42 Å². The third kappa shape index (κ3) is 3.78. The first kappa shape index (κ1) is 14.6. The van der Waals surface area contributed by atoms with E-state index in [2.05, 4.69) is 9.72 Å². The first-order valence-corrected chi connectivity index (χ1v) is 4.63. The van der Waals surface area contributed by atoms with Crippen LogP contribution in [0.3, 0.4) is 0 Å². The summed E-state index contributed by atoms with van der Waals surface area (Å²) >= 11 is 0. The maximum Gasteiger partial charge on any atom is 0.573 e. The molecule has 0 bridgehead atoms. The maximum absolute atomic E-state index is 12.7. The summed E-state index contributed by atoms with van der Waals surface area (Å²) in [5, 5.41) is 17.0. The average Bonchev–Trinajstić information content (AvgIpc) is 2.28. The van der Waals surface area contributed by atoms with E-state index in [0.717, 1.165) is 0 Å². The van der Waals surface area contributed by atoms with E-state index in [4.69, 9.17) is 10.5 Å². The smallest absolute Gasteiger partial charge is 0.402 e. The van der Waals surface area contributed by atoms with Crippen molar-refractivity contribution in [3.05, 3.63) is 23.0 Å². The van der Waals surface area contributed by atoms with E-state index >= 15 is 0 Å². The zero-order valence-electron chi connectivity index (χ0n) is 9.00. The summed E-state index contributed by atoms with van der Waals surface area (Å²) in [4.78, 5) is 3.37. The summed E-state index contributed by atoms with van der Waals surface area (Å²) < 4.78 is 65.0. The lowest BCUT2D eigenvalue weighted by atomic mass is 10.1. The summed E-state index contributed by atoms with van der Waals surface area (Å²) in [6.07, 6.45) is -8.95. The summed E-state index contributed by atoms with van der Waals surface area (Å²) in [6, 6.07) is 3.43. The molecule has 1 heterocycles. The second-order valence-electron chi connectivity index (χ2n) is 3.18. The molecule has 4 nitrogen and oxygen atoms in total. The van der Waals surface area contributed by atoms with E-state index in [0.29, 0.717) is 6.07 Å². The van der Waals surface area contributed by atoms with Crippen LogP contribution in [0, 0.1) is 22.7 Å². The van der Waals surface area contributed by atoms with Gasteiger partial charge in [-0.1, -0.05) is 0 Å². The van der Waals surface area contributed by atoms with E-state index in [-0.39, 0.29) is 5.69 Å². The monoisotopic (exact) mass is 277 g/mol. The molecule has 0 atom stereocenters. The quantitative estimate of drug-likeness (QED) is 0.796. The number of pyridine rings is 1. The number of ether oxygens (including phenoxy) is 1. The highest BCUT2D eigenvalue weighted by Gasteiger charge is 2.35. The van der Waals surface area contributed by atoms with Crippen molar-refractivity contribution in [3.63, 3.8) is 0 Å². The second-order valence-corrected chi connectivity index (χ2v) is 3.18. The number of aromatic nitrogens is 1. The molecule has 0 saturated heterocycles. The normalized spacial score (nSPS) is 10.9. The van der Waals surface area contributed by atoms with Gasteiger partial charge in [0.2, 0.25) is 0 Å². The predicted octanol–water partition coefficient (Wildman–Crippen LogP) is 2.86. The summed E-state index contributed by atoms with van der Waals surface area (Å²) in [7, 11) is 0. The molecule has 19 heavy (non-hydrogen) atoms. The highest BCUT2D eigenvalue weighted by Crippen LogP contribution is 2.35. The molecule has 0 aliphatic carbocycles. The van der Waals surface area contributed by atoms with Crippen LogP contribution in [-0.4, -0.2) is 11.3 Å². The number of halogens is 5. The number of nitrogens with zero attached hydrogens (tertiary/aromatic N) is 3. The van der Waals surface area contributed by atoms with Gasteiger partial charge >= 0.3 is 6.36 Å². The average molecular weight is 277 g/mol. The van der Waals surface area contributed by atoms with Gasteiger partial charge in [-0.15, -0.1) is 13.2 Å². The van der Waals surface area contributed by atoms with Crippen LogP contribution < -0.4 is 4.74 Å². The third-order valence-corrected chi connectivity index (χ3v) is 1.87. The maximum atomic E-state index is 12.7. The highest BCUT2D eigenvalue weighted by atomic mass is 19.4. The van der Waals surface area contributed by atoms with Crippen LogP contribution >= 0.6 is 0 Å². The van der Waals surface area contributed by atoms with Crippen LogP contribution in [0.15, 0.2) is 6.07 Å². The van der Waals surface area contributed by atoms with Crippen molar-refractivity contribution in [1.82, 2.24) is 4.98 Å². The number of nitriles is 2. The molecule has 0 fully saturated rings. The SMILES string of the molecule is N#CCc1cc(C(F)F)c(OC(F)(F)F)c(C#N)n1. The molecule has 0 amide bonds. The van der Waals surface area contributed by atoms with Gasteiger partial charge in [-0.2, -0.15) is 10.5 Å². The Morgan fingerprint density at radius 3 is 2.37 bits per heavy atom.